The van der Waals surface area contributed by atoms with Crippen LogP contribution in [0.3, 0.4) is 0 Å². The number of rotatable bonds is 8. The molecule has 0 fully saturated rings. The summed E-state index contributed by atoms with van der Waals surface area (Å²) in [6.45, 7) is 7.21. The van der Waals surface area contributed by atoms with Crippen molar-refractivity contribution >= 4 is 23.9 Å². The number of hydrogen-bond donors (Lipinski definition) is 0. The van der Waals surface area contributed by atoms with Gasteiger partial charge >= 0.3 is 21.1 Å². The van der Waals surface area contributed by atoms with Crippen LogP contribution in [0.5, 0.6) is 0 Å². The van der Waals surface area contributed by atoms with E-state index in [4.69, 9.17) is 0 Å². The van der Waals surface area contributed by atoms with Crippen LogP contribution in [-0.4, -0.2) is 23.9 Å². The van der Waals surface area contributed by atoms with Crippen LogP contribution in [0.1, 0.15) is 79.1 Å². The molecule has 0 aromatic carbocycles. The fourth-order valence-corrected chi connectivity index (χ4v) is 0.816. The Bertz CT molecular complexity index is 268. The number of aliphatic carboxylic acids is 4. The van der Waals surface area contributed by atoms with E-state index in [9.17, 15) is 39.6 Å². The van der Waals surface area contributed by atoms with Crippen molar-refractivity contribution in [1.29, 1.82) is 0 Å². The largest absolute Gasteiger partial charge is 4.00 e. The molecule has 8 nitrogen and oxygen atoms in total. The molecular formula is C16H28O8W. The van der Waals surface area contributed by atoms with Crippen molar-refractivity contribution in [2.45, 2.75) is 79.1 Å². The van der Waals surface area contributed by atoms with Crippen LogP contribution in [-0.2, 0) is 40.2 Å². The van der Waals surface area contributed by atoms with E-state index in [1.54, 1.807) is 27.7 Å². The van der Waals surface area contributed by atoms with Crippen LogP contribution in [0.25, 0.3) is 0 Å². The van der Waals surface area contributed by atoms with Gasteiger partial charge in [-0.1, -0.05) is 53.4 Å². The summed E-state index contributed by atoms with van der Waals surface area (Å²) < 4.78 is 0. The van der Waals surface area contributed by atoms with Gasteiger partial charge in [-0.3, -0.25) is 0 Å². The third kappa shape index (κ3) is 85.5. The van der Waals surface area contributed by atoms with Gasteiger partial charge in [-0.25, -0.2) is 0 Å². The normalized spacial score (nSPS) is 7.84. The van der Waals surface area contributed by atoms with Gasteiger partial charge in [0.1, 0.15) is 0 Å². The summed E-state index contributed by atoms with van der Waals surface area (Å²) in [5.41, 5.74) is 0. The standard InChI is InChI=1S/4C4H8O2.W/c4*1-2-3-4(5)6;/h4*2-3H2,1H3,(H,5,6);/q;;;;+4/p-4. The minimum Gasteiger partial charge on any atom is -0.550 e. The molecular weight excluding hydrogens is 504 g/mol. The molecule has 0 rings (SSSR count). The minimum absolute atomic E-state index is 0. The minimum atomic E-state index is -0.961. The first-order valence-corrected chi connectivity index (χ1v) is 7.88. The maximum absolute atomic E-state index is 9.49. The van der Waals surface area contributed by atoms with Crippen LogP contribution >= 0.6 is 0 Å². The first kappa shape index (κ1) is 34.8. The van der Waals surface area contributed by atoms with Crippen molar-refractivity contribution in [2.75, 3.05) is 0 Å². The molecule has 146 valence electrons. The summed E-state index contributed by atoms with van der Waals surface area (Å²) in [5, 5.41) is 38.0. The van der Waals surface area contributed by atoms with Crippen molar-refractivity contribution in [3.05, 3.63) is 0 Å². The average Bonchev–Trinajstić information content (AvgIpc) is 2.39. The molecule has 0 aromatic rings. The number of carboxylic acid groups (broad SMARTS) is 4. The Morgan fingerprint density at radius 2 is 0.600 bits per heavy atom. The van der Waals surface area contributed by atoms with Gasteiger partial charge in [0.15, 0.2) is 0 Å². The molecule has 0 saturated carbocycles. The maximum atomic E-state index is 9.49. The van der Waals surface area contributed by atoms with E-state index < -0.39 is 23.9 Å². The molecule has 9 heteroatoms. The van der Waals surface area contributed by atoms with E-state index in [0.717, 1.165) is 0 Å². The first-order valence-electron chi connectivity index (χ1n) is 7.88. The smallest absolute Gasteiger partial charge is 0.550 e. The summed E-state index contributed by atoms with van der Waals surface area (Å²) in [6, 6.07) is 0. The number of carbonyl (C=O) groups excluding carboxylic acids is 4. The molecule has 25 heavy (non-hydrogen) atoms. The predicted octanol–water partition coefficient (Wildman–Crippen LogP) is -1.86. The number of carboxylic acids is 4. The van der Waals surface area contributed by atoms with Crippen molar-refractivity contribution in [3.8, 4) is 0 Å². The third-order valence-electron chi connectivity index (χ3n) is 1.82. The molecule has 0 unspecified atom stereocenters. The second kappa shape index (κ2) is 30.4. The van der Waals surface area contributed by atoms with E-state index >= 15 is 0 Å². The molecule has 0 amide bonds. The van der Waals surface area contributed by atoms with Gasteiger partial charge in [0.2, 0.25) is 0 Å². The average molecular weight is 532 g/mol. The topological polar surface area (TPSA) is 161 Å². The van der Waals surface area contributed by atoms with Crippen molar-refractivity contribution in [3.63, 3.8) is 0 Å². The zero-order valence-electron chi connectivity index (χ0n) is 15.3. The molecule has 0 atom stereocenters. The Hall–Kier alpha value is -1.43. The Balaban J connectivity index is -0.0000000702. The van der Waals surface area contributed by atoms with Crippen LogP contribution < -0.4 is 20.4 Å². The zero-order valence-corrected chi connectivity index (χ0v) is 18.3. The van der Waals surface area contributed by atoms with Gasteiger partial charge in [0.05, 0.1) is 0 Å². The number of carbonyl (C=O) groups is 4. The van der Waals surface area contributed by atoms with Gasteiger partial charge in [-0.05, 0) is 25.7 Å². The second-order valence-electron chi connectivity index (χ2n) is 4.49. The fourth-order valence-electron chi connectivity index (χ4n) is 0.816. The molecule has 0 N–H and O–H groups in total. The molecule has 0 aliphatic carbocycles. The van der Waals surface area contributed by atoms with Crippen molar-refractivity contribution in [2.24, 2.45) is 0 Å². The monoisotopic (exact) mass is 532 g/mol. The van der Waals surface area contributed by atoms with E-state index in [0.29, 0.717) is 25.7 Å². The molecule has 0 aromatic heterocycles. The SMILES string of the molecule is CCCC(=O)[O-].CCCC(=O)[O-].CCCC(=O)[O-].CCCC(=O)[O-].[W+4]. The summed E-state index contributed by atoms with van der Waals surface area (Å²) in [5.74, 6) is -3.84. The maximum Gasteiger partial charge on any atom is 4.00 e. The molecule has 0 aliphatic rings. The summed E-state index contributed by atoms with van der Waals surface area (Å²) in [7, 11) is 0. The van der Waals surface area contributed by atoms with E-state index in [-0.39, 0.29) is 46.7 Å². The van der Waals surface area contributed by atoms with E-state index in [2.05, 4.69) is 0 Å². The van der Waals surface area contributed by atoms with Gasteiger partial charge in [0, 0.05) is 23.9 Å². The van der Waals surface area contributed by atoms with E-state index in [1.807, 2.05) is 0 Å². The molecule has 0 saturated heterocycles. The molecule has 0 aliphatic heterocycles. The predicted molar refractivity (Wildman–Crippen MR) is 79.7 cm³/mol. The zero-order chi connectivity index (χ0) is 20.0. The Morgan fingerprint density at radius 3 is 0.600 bits per heavy atom. The molecule has 0 radical (unpaired) electrons. The Labute approximate surface area is 163 Å². The Morgan fingerprint density at radius 1 is 0.480 bits per heavy atom. The molecule has 0 spiro atoms. The number of hydrogen-bond acceptors (Lipinski definition) is 8. The van der Waals surface area contributed by atoms with Crippen molar-refractivity contribution < 1.29 is 60.7 Å². The van der Waals surface area contributed by atoms with Gasteiger partial charge in [-0.2, -0.15) is 0 Å². The summed E-state index contributed by atoms with van der Waals surface area (Å²) >= 11 is 0. The first-order chi connectivity index (χ1) is 11.1. The summed E-state index contributed by atoms with van der Waals surface area (Å²) in [6.07, 6.45) is 3.40. The summed E-state index contributed by atoms with van der Waals surface area (Å²) in [4.78, 5) is 38.0. The van der Waals surface area contributed by atoms with Gasteiger partial charge in [0.25, 0.3) is 0 Å². The van der Waals surface area contributed by atoms with Crippen LogP contribution in [0.2, 0.25) is 0 Å². The molecule has 0 bridgehead atoms. The van der Waals surface area contributed by atoms with Crippen LogP contribution in [0.15, 0.2) is 0 Å². The van der Waals surface area contributed by atoms with Crippen LogP contribution in [0.4, 0.5) is 0 Å². The van der Waals surface area contributed by atoms with E-state index in [1.165, 1.54) is 0 Å². The Kier molecular flexibility index (Phi) is 42.4. The van der Waals surface area contributed by atoms with Gasteiger partial charge in [-0.15, -0.1) is 0 Å². The molecule has 0 heterocycles. The quantitative estimate of drug-likeness (QED) is 0.352. The van der Waals surface area contributed by atoms with Crippen LogP contribution in [0, 0.1) is 0 Å². The third-order valence-corrected chi connectivity index (χ3v) is 1.82. The fraction of sp³-hybridized carbons (Fsp3) is 0.750. The van der Waals surface area contributed by atoms with Gasteiger partial charge < -0.3 is 39.6 Å². The van der Waals surface area contributed by atoms with Crippen molar-refractivity contribution in [1.82, 2.24) is 0 Å². The second-order valence-corrected chi connectivity index (χ2v) is 4.49.